The molecule has 1 heterocycles. The van der Waals surface area contributed by atoms with Crippen molar-refractivity contribution in [3.63, 3.8) is 0 Å². The number of aryl methyl sites for hydroxylation is 2. The number of hydrogen-bond donors (Lipinski definition) is 1. The Bertz CT molecular complexity index is 236. The number of aromatic nitrogens is 2. The van der Waals surface area contributed by atoms with Crippen molar-refractivity contribution in [2.24, 2.45) is 0 Å². The number of rotatable bonds is 5. The molecule has 0 unspecified atom stereocenters. The van der Waals surface area contributed by atoms with Crippen LogP contribution in [0.2, 0.25) is 0 Å². The summed E-state index contributed by atoms with van der Waals surface area (Å²) in [5, 5.41) is 0. The second kappa shape index (κ2) is 7.26. The van der Waals surface area contributed by atoms with E-state index in [9.17, 15) is 0 Å². The molecule has 3 heteroatoms. The molecule has 0 aliphatic rings. The van der Waals surface area contributed by atoms with Gasteiger partial charge in [-0.1, -0.05) is 19.8 Å². The summed E-state index contributed by atoms with van der Waals surface area (Å²) in [5.41, 5.74) is 1.34. The molecule has 0 atom stereocenters. The molecule has 14 heavy (non-hydrogen) atoms. The van der Waals surface area contributed by atoms with Gasteiger partial charge in [-0.2, -0.15) is 0 Å². The van der Waals surface area contributed by atoms with Crippen LogP contribution in [0.3, 0.4) is 0 Å². The summed E-state index contributed by atoms with van der Waals surface area (Å²) >= 11 is 0. The summed E-state index contributed by atoms with van der Waals surface area (Å²) in [6, 6.07) is 0. The Labute approximate surface area is 104 Å². The van der Waals surface area contributed by atoms with Crippen molar-refractivity contribution in [2.45, 2.75) is 53.0 Å². The van der Waals surface area contributed by atoms with E-state index < -0.39 is 0 Å². The first-order valence-corrected chi connectivity index (χ1v) is 5.30. The smallest absolute Gasteiger partial charge is 0.251 e. The second-order valence-electron chi connectivity index (χ2n) is 3.73. The van der Waals surface area contributed by atoms with Crippen LogP contribution in [0, 0.1) is 13.8 Å². The van der Waals surface area contributed by atoms with Gasteiger partial charge in [0.05, 0.1) is 6.54 Å². The van der Waals surface area contributed by atoms with Crippen molar-refractivity contribution < 1.29 is 28.5 Å². The molecule has 0 amide bonds. The second-order valence-corrected chi connectivity index (χ2v) is 3.73. The lowest BCUT2D eigenvalue weighted by Crippen LogP contribution is -3.00. The van der Waals surface area contributed by atoms with Gasteiger partial charge in [0.1, 0.15) is 11.9 Å². The summed E-state index contributed by atoms with van der Waals surface area (Å²) in [5.74, 6) is 1.27. The molecule has 0 bridgehead atoms. The largest absolute Gasteiger partial charge is 1.00 e. The average Bonchev–Trinajstić information content (AvgIpc) is 2.42. The van der Waals surface area contributed by atoms with Crippen LogP contribution in [0.4, 0.5) is 0 Å². The van der Waals surface area contributed by atoms with E-state index in [0.717, 1.165) is 0 Å². The molecule has 0 aliphatic carbocycles. The highest BCUT2D eigenvalue weighted by atomic mass is 127. The molecule has 1 aromatic rings. The zero-order valence-corrected chi connectivity index (χ0v) is 11.6. The molecule has 0 spiro atoms. The molecule has 1 aromatic heterocycles. The third kappa shape index (κ3) is 3.98. The molecule has 0 saturated heterocycles. The van der Waals surface area contributed by atoms with Crippen LogP contribution in [0.5, 0.6) is 0 Å². The van der Waals surface area contributed by atoms with Gasteiger partial charge in [-0.05, 0) is 12.8 Å². The maximum Gasteiger partial charge on any atom is 0.251 e. The van der Waals surface area contributed by atoms with Crippen molar-refractivity contribution in [1.29, 1.82) is 0 Å². The molecule has 2 nitrogen and oxygen atoms in total. The fraction of sp³-hybridized carbons (Fsp3) is 0.727. The quantitative estimate of drug-likeness (QED) is 0.430. The highest BCUT2D eigenvalue weighted by Gasteiger charge is 2.08. The van der Waals surface area contributed by atoms with Gasteiger partial charge in [-0.3, -0.25) is 0 Å². The number of nitrogens with zero attached hydrogens (tertiary/aromatic N) is 1. The number of halogens is 1. The first-order valence-electron chi connectivity index (χ1n) is 5.30. The van der Waals surface area contributed by atoms with Crippen LogP contribution in [-0.4, -0.2) is 4.98 Å². The molecule has 1 rings (SSSR count). The molecule has 0 fully saturated rings. The topological polar surface area (TPSA) is 19.7 Å². The minimum atomic E-state index is 0. The van der Waals surface area contributed by atoms with Gasteiger partial charge in [0.15, 0.2) is 0 Å². The maximum atomic E-state index is 3.24. The predicted octanol–water partition coefficient (Wildman–Crippen LogP) is -0.497. The van der Waals surface area contributed by atoms with Gasteiger partial charge in [0.2, 0.25) is 0 Å². The maximum absolute atomic E-state index is 3.24. The van der Waals surface area contributed by atoms with Crippen molar-refractivity contribution in [3.05, 3.63) is 17.7 Å². The number of aromatic amines is 1. The third-order valence-electron chi connectivity index (χ3n) is 2.56. The molecule has 0 radical (unpaired) electrons. The van der Waals surface area contributed by atoms with Gasteiger partial charge in [-0.25, -0.2) is 9.55 Å². The Morgan fingerprint density at radius 1 is 1.21 bits per heavy atom. The Kier molecular flexibility index (Phi) is 7.23. The van der Waals surface area contributed by atoms with Gasteiger partial charge in [-0.15, -0.1) is 0 Å². The van der Waals surface area contributed by atoms with E-state index in [4.69, 9.17) is 0 Å². The number of hydrogen-bond acceptors (Lipinski definition) is 0. The standard InChI is InChI=1S/C11H20N2.HI/c1-4-5-6-7-8-13-10(2)9-12-11(13)3;/h9H,4-8H2,1-3H3;1H. The van der Waals surface area contributed by atoms with Crippen molar-refractivity contribution in [1.82, 2.24) is 4.98 Å². The fourth-order valence-electron chi connectivity index (χ4n) is 1.67. The summed E-state index contributed by atoms with van der Waals surface area (Å²) in [7, 11) is 0. The van der Waals surface area contributed by atoms with E-state index in [0.29, 0.717) is 0 Å². The SMILES string of the molecule is CCCCCC[n+]1c(C)c[nH]c1C.[I-]. The van der Waals surface area contributed by atoms with Gasteiger partial charge in [0, 0.05) is 13.8 Å². The van der Waals surface area contributed by atoms with Crippen molar-refractivity contribution >= 4 is 0 Å². The summed E-state index contributed by atoms with van der Waals surface area (Å²) in [4.78, 5) is 3.24. The van der Waals surface area contributed by atoms with Gasteiger partial charge < -0.3 is 24.0 Å². The van der Waals surface area contributed by atoms with Crippen molar-refractivity contribution in [2.75, 3.05) is 0 Å². The van der Waals surface area contributed by atoms with Gasteiger partial charge >= 0.3 is 0 Å². The lowest BCUT2D eigenvalue weighted by molar-refractivity contribution is -0.707. The first-order chi connectivity index (χ1) is 6.25. The normalized spacial score (nSPS) is 9.93. The van der Waals surface area contributed by atoms with Crippen LogP contribution in [0.15, 0.2) is 6.20 Å². The van der Waals surface area contributed by atoms with Gasteiger partial charge in [0.25, 0.3) is 5.82 Å². The summed E-state index contributed by atoms with van der Waals surface area (Å²) < 4.78 is 2.36. The lowest BCUT2D eigenvalue weighted by atomic mass is 10.2. The fourth-order valence-corrected chi connectivity index (χ4v) is 1.67. The molecule has 0 aromatic carbocycles. The zero-order chi connectivity index (χ0) is 9.68. The molecule has 82 valence electrons. The Balaban J connectivity index is 0.00000169. The van der Waals surface area contributed by atoms with E-state index in [2.05, 4.69) is 36.5 Å². The van der Waals surface area contributed by atoms with Crippen LogP contribution in [0.25, 0.3) is 0 Å². The minimum Gasteiger partial charge on any atom is -1.00 e. The third-order valence-corrected chi connectivity index (χ3v) is 2.56. The van der Waals surface area contributed by atoms with Crippen LogP contribution in [-0.2, 0) is 6.54 Å². The first kappa shape index (κ1) is 13.9. The highest BCUT2D eigenvalue weighted by Crippen LogP contribution is 2.00. The van der Waals surface area contributed by atoms with Crippen LogP contribution < -0.4 is 28.5 Å². The number of nitrogens with one attached hydrogen (secondary N) is 1. The average molecular weight is 308 g/mol. The predicted molar refractivity (Wildman–Crippen MR) is 54.6 cm³/mol. The van der Waals surface area contributed by atoms with Crippen molar-refractivity contribution in [3.8, 4) is 0 Å². The number of imidazole rings is 1. The Morgan fingerprint density at radius 3 is 2.43 bits per heavy atom. The molecule has 0 aliphatic heterocycles. The Hall–Kier alpha value is -0.0600. The van der Waals surface area contributed by atoms with E-state index >= 15 is 0 Å². The number of H-pyrrole nitrogens is 1. The van der Waals surface area contributed by atoms with E-state index in [1.54, 1.807) is 0 Å². The highest BCUT2D eigenvalue weighted by molar-refractivity contribution is 4.85. The molecular weight excluding hydrogens is 287 g/mol. The van der Waals surface area contributed by atoms with E-state index in [1.807, 2.05) is 0 Å². The van der Waals surface area contributed by atoms with Crippen LogP contribution in [0.1, 0.15) is 44.1 Å². The summed E-state index contributed by atoms with van der Waals surface area (Å²) in [6.45, 7) is 7.71. The monoisotopic (exact) mass is 308 g/mol. The summed E-state index contributed by atoms with van der Waals surface area (Å²) in [6.07, 6.45) is 7.42. The number of unbranched alkanes of at least 4 members (excludes halogenated alkanes) is 3. The van der Waals surface area contributed by atoms with Crippen LogP contribution >= 0.6 is 0 Å². The van der Waals surface area contributed by atoms with E-state index in [1.165, 1.54) is 43.7 Å². The molecular formula is C11H21IN2. The van der Waals surface area contributed by atoms with E-state index in [-0.39, 0.29) is 24.0 Å². The lowest BCUT2D eigenvalue weighted by Gasteiger charge is -2.00. The molecule has 1 N–H and O–H groups in total. The zero-order valence-electron chi connectivity index (χ0n) is 9.44. The Morgan fingerprint density at radius 2 is 1.93 bits per heavy atom. The minimum absolute atomic E-state index is 0. The molecule has 0 saturated carbocycles.